The number of thiophene rings is 1. The minimum Gasteiger partial charge on any atom is -0.340 e. The van der Waals surface area contributed by atoms with Crippen LogP contribution in [0.2, 0.25) is 0 Å². The predicted octanol–water partition coefficient (Wildman–Crippen LogP) is 3.55. The van der Waals surface area contributed by atoms with E-state index < -0.39 is 0 Å². The topological polar surface area (TPSA) is 84.1 Å². The fourth-order valence-electron chi connectivity index (χ4n) is 2.73. The van der Waals surface area contributed by atoms with Gasteiger partial charge in [0.05, 0.1) is 10.3 Å². The number of aromatic nitrogens is 2. The van der Waals surface area contributed by atoms with Crippen LogP contribution in [0.15, 0.2) is 36.7 Å². The Morgan fingerprint density at radius 2 is 2.00 bits per heavy atom. The third-order valence-electron chi connectivity index (χ3n) is 4.03. The minimum atomic E-state index is 0.00147. The average Bonchev–Trinajstić information content (AvgIpc) is 3.08. The van der Waals surface area contributed by atoms with Crippen LogP contribution >= 0.6 is 11.3 Å². The van der Waals surface area contributed by atoms with Gasteiger partial charge >= 0.3 is 0 Å². The quantitative estimate of drug-likeness (QED) is 0.665. The molecule has 3 aromatic rings. The van der Waals surface area contributed by atoms with Gasteiger partial charge < -0.3 is 16.0 Å². The van der Waals surface area contributed by atoms with Gasteiger partial charge in [0.25, 0.3) is 5.91 Å². The van der Waals surface area contributed by atoms with E-state index >= 15 is 0 Å². The third kappa shape index (κ3) is 4.00. The van der Waals surface area contributed by atoms with Crippen molar-refractivity contribution >= 4 is 39.0 Å². The molecule has 0 fully saturated rings. The number of carbonyl (C=O) groups is 1. The number of rotatable bonds is 7. The molecule has 0 saturated carbocycles. The lowest BCUT2D eigenvalue weighted by molar-refractivity contribution is 0.0765. The molecule has 6 nitrogen and oxygen atoms in total. The molecule has 0 radical (unpaired) electrons. The van der Waals surface area contributed by atoms with Crippen molar-refractivity contribution < 1.29 is 4.79 Å². The van der Waals surface area contributed by atoms with E-state index in [9.17, 15) is 4.79 Å². The van der Waals surface area contributed by atoms with Crippen molar-refractivity contribution in [3.63, 3.8) is 0 Å². The summed E-state index contributed by atoms with van der Waals surface area (Å²) in [5.41, 5.74) is 7.79. The normalized spacial score (nSPS) is 10.9. The SMILES string of the molecule is CCCN(CCN)C(=O)c1cc2c(Nc3ccc(C)cc3)ncnc2s1. The third-order valence-corrected chi connectivity index (χ3v) is 5.07. The van der Waals surface area contributed by atoms with Crippen molar-refractivity contribution in [1.29, 1.82) is 0 Å². The summed E-state index contributed by atoms with van der Waals surface area (Å²) in [6.07, 6.45) is 2.42. The summed E-state index contributed by atoms with van der Waals surface area (Å²) in [4.78, 5) is 24.7. The van der Waals surface area contributed by atoms with E-state index in [-0.39, 0.29) is 5.91 Å². The van der Waals surface area contributed by atoms with Crippen LogP contribution in [0.3, 0.4) is 0 Å². The van der Waals surface area contributed by atoms with E-state index in [0.717, 1.165) is 22.3 Å². The summed E-state index contributed by atoms with van der Waals surface area (Å²) in [6.45, 7) is 5.81. The molecule has 0 aliphatic heterocycles. The van der Waals surface area contributed by atoms with Gasteiger partial charge in [0.1, 0.15) is 17.0 Å². The second kappa shape index (κ2) is 8.25. The fourth-order valence-corrected chi connectivity index (χ4v) is 3.70. The van der Waals surface area contributed by atoms with Crippen molar-refractivity contribution in [2.45, 2.75) is 20.3 Å². The van der Waals surface area contributed by atoms with Gasteiger partial charge in [0, 0.05) is 25.3 Å². The van der Waals surface area contributed by atoms with Crippen molar-refractivity contribution in [1.82, 2.24) is 14.9 Å². The number of hydrogen-bond acceptors (Lipinski definition) is 6. The molecular formula is C19H23N5OS. The number of aryl methyl sites for hydroxylation is 1. The summed E-state index contributed by atoms with van der Waals surface area (Å²) >= 11 is 1.39. The first-order valence-electron chi connectivity index (χ1n) is 8.70. The summed E-state index contributed by atoms with van der Waals surface area (Å²) in [7, 11) is 0. The molecule has 3 N–H and O–H groups in total. The standard InChI is InChI=1S/C19H23N5OS/c1-3-9-24(10-8-20)19(25)16-11-15-17(21-12-22-18(15)26-16)23-14-6-4-13(2)5-7-14/h4-7,11-12H,3,8-10,20H2,1-2H3,(H,21,22,23). The Balaban J connectivity index is 1.91. The fraction of sp³-hybridized carbons (Fsp3) is 0.316. The molecule has 7 heteroatoms. The van der Waals surface area contributed by atoms with E-state index in [1.54, 1.807) is 4.90 Å². The highest BCUT2D eigenvalue weighted by molar-refractivity contribution is 7.20. The largest absolute Gasteiger partial charge is 0.340 e. The minimum absolute atomic E-state index is 0.00147. The van der Waals surface area contributed by atoms with Crippen LogP contribution in [0.4, 0.5) is 11.5 Å². The van der Waals surface area contributed by atoms with Gasteiger partial charge in [-0.1, -0.05) is 24.6 Å². The molecule has 1 aromatic carbocycles. The second-order valence-corrected chi connectivity index (χ2v) is 7.15. The molecule has 136 valence electrons. The van der Waals surface area contributed by atoms with Crippen LogP contribution in [0.5, 0.6) is 0 Å². The summed E-state index contributed by atoms with van der Waals surface area (Å²) in [5, 5.41) is 4.17. The Hall–Kier alpha value is -2.51. The molecule has 0 unspecified atom stereocenters. The molecule has 1 amide bonds. The summed E-state index contributed by atoms with van der Waals surface area (Å²) in [5.74, 6) is 0.705. The second-order valence-electron chi connectivity index (χ2n) is 6.12. The molecule has 26 heavy (non-hydrogen) atoms. The Labute approximate surface area is 157 Å². The zero-order chi connectivity index (χ0) is 18.5. The maximum absolute atomic E-state index is 12.8. The number of nitrogens with two attached hydrogens (primary N) is 1. The maximum Gasteiger partial charge on any atom is 0.264 e. The van der Waals surface area contributed by atoms with Crippen LogP contribution in [0, 0.1) is 6.92 Å². The molecule has 0 atom stereocenters. The highest BCUT2D eigenvalue weighted by Crippen LogP contribution is 2.30. The smallest absolute Gasteiger partial charge is 0.264 e. The molecule has 2 aromatic heterocycles. The molecule has 0 aliphatic rings. The molecule has 0 spiro atoms. The number of carbonyl (C=O) groups excluding carboxylic acids is 1. The van der Waals surface area contributed by atoms with Crippen LogP contribution in [0.25, 0.3) is 10.2 Å². The first-order valence-corrected chi connectivity index (χ1v) is 9.51. The van der Waals surface area contributed by atoms with Gasteiger partial charge in [-0.15, -0.1) is 11.3 Å². The van der Waals surface area contributed by atoms with Crippen molar-refractivity contribution in [2.24, 2.45) is 5.73 Å². The van der Waals surface area contributed by atoms with Crippen LogP contribution in [-0.2, 0) is 0 Å². The molecule has 2 heterocycles. The van der Waals surface area contributed by atoms with E-state index in [0.29, 0.717) is 30.3 Å². The number of fused-ring (bicyclic) bond motifs is 1. The van der Waals surface area contributed by atoms with Gasteiger partial charge in [-0.25, -0.2) is 9.97 Å². The zero-order valence-electron chi connectivity index (χ0n) is 15.0. The lowest BCUT2D eigenvalue weighted by Crippen LogP contribution is -2.35. The van der Waals surface area contributed by atoms with Gasteiger partial charge in [0.2, 0.25) is 0 Å². The lowest BCUT2D eigenvalue weighted by Gasteiger charge is -2.20. The van der Waals surface area contributed by atoms with Crippen LogP contribution in [0.1, 0.15) is 28.6 Å². The van der Waals surface area contributed by atoms with Gasteiger partial charge in [-0.3, -0.25) is 4.79 Å². The van der Waals surface area contributed by atoms with Gasteiger partial charge in [-0.2, -0.15) is 0 Å². The van der Waals surface area contributed by atoms with E-state index in [2.05, 4.69) is 22.2 Å². The summed E-state index contributed by atoms with van der Waals surface area (Å²) < 4.78 is 0. The van der Waals surface area contributed by atoms with Crippen LogP contribution < -0.4 is 11.1 Å². The van der Waals surface area contributed by atoms with E-state index in [1.165, 1.54) is 23.2 Å². The van der Waals surface area contributed by atoms with E-state index in [1.807, 2.05) is 37.3 Å². The molecule has 3 rings (SSSR count). The Morgan fingerprint density at radius 3 is 2.69 bits per heavy atom. The average molecular weight is 369 g/mol. The lowest BCUT2D eigenvalue weighted by atomic mass is 10.2. The number of benzene rings is 1. The Kier molecular flexibility index (Phi) is 5.80. The van der Waals surface area contributed by atoms with Crippen LogP contribution in [-0.4, -0.2) is 40.4 Å². The van der Waals surface area contributed by atoms with E-state index in [4.69, 9.17) is 5.73 Å². The zero-order valence-corrected chi connectivity index (χ0v) is 15.8. The highest BCUT2D eigenvalue weighted by atomic mass is 32.1. The highest BCUT2D eigenvalue weighted by Gasteiger charge is 2.19. The molecule has 0 saturated heterocycles. The monoisotopic (exact) mass is 369 g/mol. The van der Waals surface area contributed by atoms with Gasteiger partial charge in [-0.05, 0) is 31.5 Å². The molecule has 0 bridgehead atoms. The maximum atomic E-state index is 12.8. The number of hydrogen-bond donors (Lipinski definition) is 2. The number of nitrogens with zero attached hydrogens (tertiary/aromatic N) is 3. The number of amides is 1. The van der Waals surface area contributed by atoms with Gasteiger partial charge in [0.15, 0.2) is 0 Å². The first kappa shape index (κ1) is 18.3. The molecule has 0 aliphatic carbocycles. The number of anilines is 2. The first-order chi connectivity index (χ1) is 12.6. The predicted molar refractivity (Wildman–Crippen MR) is 107 cm³/mol. The van der Waals surface area contributed by atoms with Crippen molar-refractivity contribution in [3.8, 4) is 0 Å². The number of nitrogens with one attached hydrogen (secondary N) is 1. The molecular weight excluding hydrogens is 346 g/mol. The summed E-state index contributed by atoms with van der Waals surface area (Å²) in [6, 6.07) is 9.97. The van der Waals surface area contributed by atoms with Crippen molar-refractivity contribution in [3.05, 3.63) is 47.1 Å². The Bertz CT molecular complexity index is 885. The Morgan fingerprint density at radius 1 is 1.23 bits per heavy atom. The van der Waals surface area contributed by atoms with Crippen molar-refractivity contribution in [2.75, 3.05) is 25.0 Å².